The zero-order valence-electron chi connectivity index (χ0n) is 10.1. The molecule has 0 atom stereocenters. The third-order valence-corrected chi connectivity index (χ3v) is 3.38. The van der Waals surface area contributed by atoms with Gasteiger partial charge in [-0.15, -0.1) is 5.10 Å². The lowest BCUT2D eigenvalue weighted by Gasteiger charge is -2.08. The lowest BCUT2D eigenvalue weighted by molar-refractivity contribution is -0.144. The van der Waals surface area contributed by atoms with Crippen molar-refractivity contribution in [3.8, 4) is 5.69 Å². The summed E-state index contributed by atoms with van der Waals surface area (Å²) < 4.78 is 61.3. The summed E-state index contributed by atoms with van der Waals surface area (Å²) >= 11 is 0. The Morgan fingerprint density at radius 1 is 1.25 bits per heavy atom. The van der Waals surface area contributed by atoms with Gasteiger partial charge in [0.2, 0.25) is 10.0 Å². The first-order valence-electron chi connectivity index (χ1n) is 5.24. The molecule has 10 heteroatoms. The van der Waals surface area contributed by atoms with Crippen LogP contribution in [-0.4, -0.2) is 23.2 Å². The van der Waals surface area contributed by atoms with Crippen LogP contribution in [0.5, 0.6) is 0 Å². The minimum absolute atomic E-state index is 0.0875. The van der Waals surface area contributed by atoms with E-state index in [1.54, 1.807) is 0 Å². The molecule has 6 nitrogen and oxygen atoms in total. The number of halogens is 3. The average molecular weight is 306 g/mol. The number of aryl methyl sites for hydroxylation is 1. The molecule has 0 radical (unpaired) electrons. The van der Waals surface area contributed by atoms with Crippen LogP contribution in [0, 0.1) is 6.92 Å². The van der Waals surface area contributed by atoms with Crippen LogP contribution in [0.15, 0.2) is 29.2 Å². The highest BCUT2D eigenvalue weighted by molar-refractivity contribution is 7.89. The van der Waals surface area contributed by atoms with Gasteiger partial charge < -0.3 is 0 Å². The number of rotatable bonds is 2. The first-order valence-corrected chi connectivity index (χ1v) is 6.78. The van der Waals surface area contributed by atoms with Crippen LogP contribution in [0.2, 0.25) is 0 Å². The SMILES string of the molecule is Cc1nc(C(F)(F)F)nn1-c1ccccc1S(N)(=O)=O. The van der Waals surface area contributed by atoms with Gasteiger partial charge in [-0.1, -0.05) is 12.1 Å². The molecule has 0 unspecified atom stereocenters. The van der Waals surface area contributed by atoms with E-state index in [1.165, 1.54) is 31.2 Å². The van der Waals surface area contributed by atoms with E-state index < -0.39 is 22.0 Å². The molecule has 0 saturated heterocycles. The third kappa shape index (κ3) is 2.65. The smallest absolute Gasteiger partial charge is 0.225 e. The van der Waals surface area contributed by atoms with Gasteiger partial charge in [-0.2, -0.15) is 13.2 Å². The normalized spacial score (nSPS) is 12.7. The Kier molecular flexibility index (Phi) is 3.30. The highest BCUT2D eigenvalue weighted by Gasteiger charge is 2.37. The van der Waals surface area contributed by atoms with Gasteiger partial charge in [-0.3, -0.25) is 0 Å². The molecule has 0 bridgehead atoms. The van der Waals surface area contributed by atoms with Crippen molar-refractivity contribution in [2.75, 3.05) is 0 Å². The van der Waals surface area contributed by atoms with Gasteiger partial charge in [-0.05, 0) is 19.1 Å². The molecule has 0 aliphatic heterocycles. The maximum atomic E-state index is 12.6. The highest BCUT2D eigenvalue weighted by Crippen LogP contribution is 2.28. The molecular weight excluding hydrogens is 297 g/mol. The van der Waals surface area contributed by atoms with Crippen molar-refractivity contribution in [3.05, 3.63) is 35.9 Å². The molecule has 2 aromatic rings. The Balaban J connectivity index is 2.68. The monoisotopic (exact) mass is 306 g/mol. The van der Waals surface area contributed by atoms with E-state index in [-0.39, 0.29) is 16.4 Å². The molecule has 108 valence electrons. The molecule has 1 aromatic carbocycles. The Morgan fingerprint density at radius 2 is 1.85 bits per heavy atom. The zero-order valence-corrected chi connectivity index (χ0v) is 10.9. The van der Waals surface area contributed by atoms with Crippen LogP contribution in [0.3, 0.4) is 0 Å². The number of aromatic nitrogens is 3. The number of sulfonamides is 1. The molecule has 0 fully saturated rings. The second-order valence-electron chi connectivity index (χ2n) is 3.90. The average Bonchev–Trinajstić information content (AvgIpc) is 2.70. The number of hydrogen-bond donors (Lipinski definition) is 1. The standard InChI is InChI=1S/C10H9F3N4O2S/c1-6-15-9(10(11,12)13)16-17(6)7-4-2-3-5-8(7)20(14,18)19/h2-5H,1H3,(H2,14,18,19). The van der Waals surface area contributed by atoms with Gasteiger partial charge >= 0.3 is 6.18 Å². The first-order chi connectivity index (χ1) is 9.10. The van der Waals surface area contributed by atoms with E-state index in [0.29, 0.717) is 0 Å². The highest BCUT2D eigenvalue weighted by atomic mass is 32.2. The van der Waals surface area contributed by atoms with Gasteiger partial charge in [0.05, 0.1) is 5.69 Å². The summed E-state index contributed by atoms with van der Waals surface area (Å²) in [6.45, 7) is 1.28. The fraction of sp³-hybridized carbons (Fsp3) is 0.200. The van der Waals surface area contributed by atoms with Crippen molar-refractivity contribution < 1.29 is 21.6 Å². The van der Waals surface area contributed by atoms with Crippen molar-refractivity contribution in [1.82, 2.24) is 14.8 Å². The summed E-state index contributed by atoms with van der Waals surface area (Å²) in [5, 5.41) is 8.31. The van der Waals surface area contributed by atoms with Crippen molar-refractivity contribution in [2.45, 2.75) is 18.0 Å². The molecule has 1 aromatic heterocycles. The quantitative estimate of drug-likeness (QED) is 0.903. The molecule has 2 rings (SSSR count). The van der Waals surface area contributed by atoms with Gasteiger partial charge in [0.25, 0.3) is 5.82 Å². The van der Waals surface area contributed by atoms with E-state index in [1.807, 2.05) is 0 Å². The summed E-state index contributed by atoms with van der Waals surface area (Å²) in [7, 11) is -4.09. The van der Waals surface area contributed by atoms with Gasteiger partial charge in [0.15, 0.2) is 0 Å². The summed E-state index contributed by atoms with van der Waals surface area (Å²) in [5.74, 6) is -1.45. The Bertz CT molecular complexity index is 752. The van der Waals surface area contributed by atoms with Gasteiger partial charge in [0, 0.05) is 0 Å². The van der Waals surface area contributed by atoms with Crippen LogP contribution in [0.25, 0.3) is 5.69 Å². The van der Waals surface area contributed by atoms with Crippen LogP contribution in [0.1, 0.15) is 11.6 Å². The second-order valence-corrected chi connectivity index (χ2v) is 5.43. The predicted molar refractivity (Wildman–Crippen MR) is 62.5 cm³/mol. The Morgan fingerprint density at radius 3 is 2.35 bits per heavy atom. The van der Waals surface area contributed by atoms with Crippen molar-refractivity contribution in [3.63, 3.8) is 0 Å². The summed E-state index contributed by atoms with van der Waals surface area (Å²) in [5.41, 5.74) is -0.0875. The van der Waals surface area contributed by atoms with Crippen molar-refractivity contribution in [2.24, 2.45) is 5.14 Å². The molecule has 1 heterocycles. The second kappa shape index (κ2) is 4.56. The minimum atomic E-state index is -4.72. The maximum absolute atomic E-state index is 12.6. The van der Waals surface area contributed by atoms with E-state index in [4.69, 9.17) is 5.14 Å². The first kappa shape index (κ1) is 14.5. The molecular formula is C10H9F3N4O2S. The van der Waals surface area contributed by atoms with E-state index in [2.05, 4.69) is 10.1 Å². The Hall–Kier alpha value is -1.94. The molecule has 0 saturated carbocycles. The number of nitrogens with two attached hydrogens (primary N) is 1. The van der Waals surface area contributed by atoms with Crippen LogP contribution >= 0.6 is 0 Å². The van der Waals surface area contributed by atoms with Crippen molar-refractivity contribution in [1.29, 1.82) is 0 Å². The summed E-state index contributed by atoms with van der Waals surface area (Å²) in [6.07, 6.45) is -4.72. The zero-order chi connectivity index (χ0) is 15.1. The van der Waals surface area contributed by atoms with Crippen LogP contribution < -0.4 is 5.14 Å². The number of alkyl halides is 3. The topological polar surface area (TPSA) is 90.9 Å². The van der Waals surface area contributed by atoms with E-state index in [0.717, 1.165) is 4.68 Å². The maximum Gasteiger partial charge on any atom is 0.453 e. The summed E-state index contributed by atoms with van der Waals surface area (Å²) in [4.78, 5) is 2.94. The Labute approximate surface area is 112 Å². The number of para-hydroxylation sites is 1. The fourth-order valence-corrected chi connectivity index (χ4v) is 2.33. The molecule has 0 amide bonds. The molecule has 0 spiro atoms. The molecule has 0 aliphatic carbocycles. The van der Waals surface area contributed by atoms with E-state index >= 15 is 0 Å². The number of nitrogens with zero attached hydrogens (tertiary/aromatic N) is 3. The number of primary sulfonamides is 1. The largest absolute Gasteiger partial charge is 0.453 e. The molecule has 20 heavy (non-hydrogen) atoms. The number of benzene rings is 1. The van der Waals surface area contributed by atoms with Crippen LogP contribution in [0.4, 0.5) is 13.2 Å². The van der Waals surface area contributed by atoms with E-state index in [9.17, 15) is 21.6 Å². The lowest BCUT2D eigenvalue weighted by Crippen LogP contribution is -2.16. The van der Waals surface area contributed by atoms with Gasteiger partial charge in [0.1, 0.15) is 10.7 Å². The molecule has 0 aliphatic rings. The third-order valence-electron chi connectivity index (χ3n) is 2.42. The van der Waals surface area contributed by atoms with Crippen LogP contribution in [-0.2, 0) is 16.2 Å². The fourth-order valence-electron chi connectivity index (χ4n) is 1.61. The lowest BCUT2D eigenvalue weighted by atomic mass is 10.3. The molecule has 2 N–H and O–H groups in total. The van der Waals surface area contributed by atoms with Crippen molar-refractivity contribution >= 4 is 10.0 Å². The summed E-state index contributed by atoms with van der Waals surface area (Å²) in [6, 6.07) is 5.33. The minimum Gasteiger partial charge on any atom is -0.225 e. The number of hydrogen-bond acceptors (Lipinski definition) is 4. The predicted octanol–water partition coefficient (Wildman–Crippen LogP) is 1.24. The van der Waals surface area contributed by atoms with Gasteiger partial charge in [-0.25, -0.2) is 23.2 Å².